The van der Waals surface area contributed by atoms with Gasteiger partial charge in [0.2, 0.25) is 5.91 Å². The molecule has 2 aromatic heterocycles. The highest BCUT2D eigenvalue weighted by Crippen LogP contribution is 2.51. The number of anilines is 1. The average molecular weight is 442 g/mol. The third kappa shape index (κ3) is 3.34. The largest absolute Gasteiger partial charge is 0.433 e. The lowest BCUT2D eigenvalue weighted by molar-refractivity contribution is -0.141. The molecule has 1 amide bonds. The molecule has 0 radical (unpaired) electrons. The molecule has 2 fully saturated rings. The molecule has 32 heavy (non-hydrogen) atoms. The van der Waals surface area contributed by atoms with Gasteiger partial charge in [0.15, 0.2) is 5.82 Å². The zero-order chi connectivity index (χ0) is 22.6. The fraction of sp³-hybridized carbons (Fsp3) is 0.409. The fourth-order valence-corrected chi connectivity index (χ4v) is 4.99. The number of aryl methyl sites for hydroxylation is 2. The number of amides is 1. The van der Waals surface area contributed by atoms with Crippen molar-refractivity contribution < 1.29 is 18.0 Å². The van der Waals surface area contributed by atoms with Crippen LogP contribution in [0.15, 0.2) is 36.7 Å². The highest BCUT2D eigenvalue weighted by atomic mass is 19.4. The topological polar surface area (TPSA) is 76.8 Å². The highest BCUT2D eigenvalue weighted by molar-refractivity contribution is 5.98. The number of alkyl halides is 3. The lowest BCUT2D eigenvalue weighted by Gasteiger charge is -2.27. The molecule has 1 aliphatic heterocycles. The van der Waals surface area contributed by atoms with Crippen molar-refractivity contribution in [1.82, 2.24) is 24.7 Å². The van der Waals surface area contributed by atoms with Crippen LogP contribution in [-0.4, -0.2) is 30.6 Å². The summed E-state index contributed by atoms with van der Waals surface area (Å²) in [4.78, 5) is 22.5. The molecule has 3 aromatic rings. The molecule has 0 spiro atoms. The molecule has 10 heteroatoms. The lowest BCUT2D eigenvalue weighted by atomic mass is 9.93. The van der Waals surface area contributed by atoms with Crippen molar-refractivity contribution >= 4 is 11.7 Å². The number of fused-ring (bicyclic) bond motifs is 1. The molecule has 0 bridgehead atoms. The van der Waals surface area contributed by atoms with E-state index in [-0.39, 0.29) is 29.4 Å². The summed E-state index contributed by atoms with van der Waals surface area (Å²) < 4.78 is 42.1. The van der Waals surface area contributed by atoms with Crippen molar-refractivity contribution in [2.24, 2.45) is 11.8 Å². The van der Waals surface area contributed by atoms with E-state index < -0.39 is 17.9 Å². The van der Waals surface area contributed by atoms with Crippen LogP contribution in [0.4, 0.5) is 19.0 Å². The van der Waals surface area contributed by atoms with Crippen LogP contribution in [-0.2, 0) is 11.0 Å². The van der Waals surface area contributed by atoms with Crippen LogP contribution in [0.25, 0.3) is 5.69 Å². The first-order valence-corrected chi connectivity index (χ1v) is 10.5. The highest BCUT2D eigenvalue weighted by Gasteiger charge is 2.53. The van der Waals surface area contributed by atoms with Gasteiger partial charge in [-0.1, -0.05) is 18.6 Å². The summed E-state index contributed by atoms with van der Waals surface area (Å²) in [5.41, 5.74) is 0.805. The summed E-state index contributed by atoms with van der Waals surface area (Å²) in [5, 5.41) is 8.40. The number of hydrogen-bond donors (Lipinski definition) is 0. The van der Waals surface area contributed by atoms with Crippen molar-refractivity contribution in [3.63, 3.8) is 0 Å². The van der Waals surface area contributed by atoms with Crippen LogP contribution >= 0.6 is 0 Å². The van der Waals surface area contributed by atoms with Gasteiger partial charge < -0.3 is 0 Å². The van der Waals surface area contributed by atoms with Gasteiger partial charge in [-0.05, 0) is 50.3 Å². The third-order valence-corrected chi connectivity index (χ3v) is 6.29. The van der Waals surface area contributed by atoms with E-state index >= 15 is 0 Å². The zero-order valence-electron chi connectivity index (χ0n) is 17.5. The van der Waals surface area contributed by atoms with Gasteiger partial charge in [-0.15, -0.1) is 10.2 Å². The van der Waals surface area contributed by atoms with Crippen LogP contribution in [0.5, 0.6) is 0 Å². The molecule has 1 saturated heterocycles. The van der Waals surface area contributed by atoms with Crippen molar-refractivity contribution in [3.8, 4) is 5.69 Å². The minimum Gasteiger partial charge on any atom is -0.285 e. The minimum absolute atomic E-state index is 0.0430. The molecule has 1 saturated carbocycles. The second kappa shape index (κ2) is 7.39. The Labute approximate surface area is 182 Å². The van der Waals surface area contributed by atoms with E-state index in [4.69, 9.17) is 0 Å². The molecule has 2 aliphatic rings. The van der Waals surface area contributed by atoms with Crippen molar-refractivity contribution in [1.29, 1.82) is 0 Å². The van der Waals surface area contributed by atoms with Crippen LogP contribution in [0.2, 0.25) is 0 Å². The van der Waals surface area contributed by atoms with Crippen molar-refractivity contribution in [3.05, 3.63) is 59.6 Å². The molecule has 166 valence electrons. The van der Waals surface area contributed by atoms with Crippen molar-refractivity contribution in [2.75, 3.05) is 4.90 Å². The first-order valence-electron chi connectivity index (χ1n) is 10.5. The molecular weight excluding hydrogens is 421 g/mol. The number of hydrogen-bond acceptors (Lipinski definition) is 5. The molecule has 5 rings (SSSR count). The Balaban J connectivity index is 1.66. The molecule has 1 aromatic carbocycles. The Morgan fingerprint density at radius 2 is 1.91 bits per heavy atom. The van der Waals surface area contributed by atoms with E-state index in [9.17, 15) is 18.0 Å². The fourth-order valence-electron chi connectivity index (χ4n) is 4.99. The van der Waals surface area contributed by atoms with E-state index in [0.717, 1.165) is 30.2 Å². The Bertz CT molecular complexity index is 1190. The SMILES string of the molecule is Cc1cccc(-n2cnnc2[C@@H]2[C@H]3CCC[C@H]3C(=O)N2c2cc(C(F)(F)F)nc(C)n2)c1. The number of aromatic nitrogens is 5. The lowest BCUT2D eigenvalue weighted by Crippen LogP contribution is -2.33. The predicted octanol–water partition coefficient (Wildman–Crippen LogP) is 4.20. The maximum atomic E-state index is 13.4. The Morgan fingerprint density at radius 1 is 1.09 bits per heavy atom. The van der Waals surface area contributed by atoms with Crippen molar-refractivity contribution in [2.45, 2.75) is 45.3 Å². The summed E-state index contributed by atoms with van der Waals surface area (Å²) in [6, 6.07) is 8.04. The standard InChI is InChI=1S/C22H21F3N6O/c1-12-5-3-6-14(9-12)30-11-26-29-20(30)19-15-7-4-8-16(15)21(32)31(19)18-10-17(22(23,24)25)27-13(2)28-18/h3,5-6,9-11,15-16,19H,4,7-8H2,1-2H3/t15-,16+,19-/m0/s1. The van der Waals surface area contributed by atoms with Gasteiger partial charge in [0, 0.05) is 17.7 Å². The number of carbonyl (C=O) groups excluding carboxylic acids is 1. The normalized spacial score (nSPS) is 23.1. The maximum absolute atomic E-state index is 13.4. The molecule has 7 nitrogen and oxygen atoms in total. The minimum atomic E-state index is -4.64. The molecule has 3 atom stereocenters. The second-order valence-electron chi connectivity index (χ2n) is 8.41. The van der Waals surface area contributed by atoms with Gasteiger partial charge in [-0.2, -0.15) is 13.2 Å². The van der Waals surface area contributed by atoms with E-state index in [2.05, 4.69) is 20.2 Å². The summed E-state index contributed by atoms with van der Waals surface area (Å²) in [6.07, 6.45) is -0.695. The smallest absolute Gasteiger partial charge is 0.285 e. The molecular formula is C22H21F3N6O. The summed E-state index contributed by atoms with van der Waals surface area (Å²) in [7, 11) is 0. The first kappa shape index (κ1) is 20.6. The molecule has 1 aliphatic carbocycles. The zero-order valence-corrected chi connectivity index (χ0v) is 17.5. The van der Waals surface area contributed by atoms with E-state index in [1.54, 1.807) is 10.9 Å². The van der Waals surface area contributed by atoms with E-state index in [1.165, 1.54) is 11.8 Å². The second-order valence-corrected chi connectivity index (χ2v) is 8.41. The Kier molecular flexibility index (Phi) is 4.75. The number of rotatable bonds is 3. The van der Waals surface area contributed by atoms with Gasteiger partial charge in [-0.3, -0.25) is 14.3 Å². The van der Waals surface area contributed by atoms with Crippen LogP contribution in [0, 0.1) is 25.7 Å². The Morgan fingerprint density at radius 3 is 2.66 bits per heavy atom. The molecule has 0 unspecified atom stereocenters. The quantitative estimate of drug-likeness (QED) is 0.608. The third-order valence-electron chi connectivity index (χ3n) is 6.29. The average Bonchev–Trinajstić information content (AvgIpc) is 3.44. The predicted molar refractivity (Wildman–Crippen MR) is 109 cm³/mol. The van der Waals surface area contributed by atoms with Gasteiger partial charge in [0.25, 0.3) is 0 Å². The van der Waals surface area contributed by atoms with Gasteiger partial charge in [0.1, 0.15) is 29.7 Å². The maximum Gasteiger partial charge on any atom is 0.433 e. The summed E-state index contributed by atoms with van der Waals surface area (Å²) in [5.74, 6) is -0.135. The monoisotopic (exact) mass is 442 g/mol. The number of nitrogens with zero attached hydrogens (tertiary/aromatic N) is 6. The Hall–Kier alpha value is -3.30. The van der Waals surface area contributed by atoms with Crippen LogP contribution in [0.3, 0.4) is 0 Å². The van der Waals surface area contributed by atoms with E-state index in [1.807, 2.05) is 31.2 Å². The van der Waals surface area contributed by atoms with Crippen LogP contribution in [0.1, 0.15) is 48.2 Å². The van der Waals surface area contributed by atoms with Gasteiger partial charge in [-0.25, -0.2) is 9.97 Å². The summed E-state index contributed by atoms with van der Waals surface area (Å²) in [6.45, 7) is 3.36. The number of halogens is 3. The van der Waals surface area contributed by atoms with Gasteiger partial charge >= 0.3 is 6.18 Å². The number of benzene rings is 1. The summed E-state index contributed by atoms with van der Waals surface area (Å²) >= 11 is 0. The first-order chi connectivity index (χ1) is 15.2. The van der Waals surface area contributed by atoms with E-state index in [0.29, 0.717) is 12.2 Å². The molecule has 0 N–H and O–H groups in total. The molecule has 3 heterocycles. The number of carbonyl (C=O) groups is 1. The van der Waals surface area contributed by atoms with Crippen LogP contribution < -0.4 is 4.90 Å². The van der Waals surface area contributed by atoms with Gasteiger partial charge in [0.05, 0.1) is 0 Å².